The van der Waals surface area contributed by atoms with Gasteiger partial charge in [-0.2, -0.15) is 0 Å². The van der Waals surface area contributed by atoms with E-state index in [0.717, 1.165) is 44.5 Å². The highest BCUT2D eigenvalue weighted by Crippen LogP contribution is 2.19. The van der Waals surface area contributed by atoms with Crippen molar-refractivity contribution < 1.29 is 9.53 Å². The van der Waals surface area contributed by atoms with Gasteiger partial charge in [0.25, 0.3) is 5.91 Å². The van der Waals surface area contributed by atoms with Crippen molar-refractivity contribution in [2.45, 2.75) is 31.9 Å². The van der Waals surface area contributed by atoms with E-state index in [1.807, 2.05) is 11.0 Å². The largest absolute Gasteiger partial charge is 0.380 e. The Morgan fingerprint density at radius 2 is 2.30 bits per heavy atom. The molecule has 108 valence electrons. The Morgan fingerprint density at radius 3 is 3.15 bits per heavy atom. The number of hydrogen-bond donors (Lipinski definition) is 1. The highest BCUT2D eigenvalue weighted by atomic mass is 16.5. The van der Waals surface area contributed by atoms with Crippen molar-refractivity contribution in [3.63, 3.8) is 0 Å². The summed E-state index contributed by atoms with van der Waals surface area (Å²) >= 11 is 0. The molecule has 0 aliphatic carbocycles. The predicted molar refractivity (Wildman–Crippen MR) is 77.8 cm³/mol. The van der Waals surface area contributed by atoms with E-state index in [0.29, 0.717) is 6.54 Å². The fourth-order valence-corrected chi connectivity index (χ4v) is 3.11. The van der Waals surface area contributed by atoms with Crippen molar-refractivity contribution in [3.05, 3.63) is 34.9 Å². The number of piperidine rings is 1. The van der Waals surface area contributed by atoms with Crippen LogP contribution in [0.3, 0.4) is 0 Å². The zero-order valence-corrected chi connectivity index (χ0v) is 12.0. The molecule has 4 nitrogen and oxygen atoms in total. The SMILES string of the molecule is COC1CCCN(C(=O)c2ccc3c(c2)CNCC3)C1. The van der Waals surface area contributed by atoms with E-state index >= 15 is 0 Å². The molecule has 2 aliphatic rings. The van der Waals surface area contributed by atoms with Crippen LogP contribution >= 0.6 is 0 Å². The second kappa shape index (κ2) is 5.94. The number of nitrogens with zero attached hydrogens (tertiary/aromatic N) is 1. The van der Waals surface area contributed by atoms with Crippen molar-refractivity contribution >= 4 is 5.91 Å². The summed E-state index contributed by atoms with van der Waals surface area (Å²) in [6.45, 7) is 3.46. The molecule has 1 N–H and O–H groups in total. The molecule has 2 heterocycles. The molecule has 0 aromatic heterocycles. The fraction of sp³-hybridized carbons (Fsp3) is 0.562. The Balaban J connectivity index is 1.76. The van der Waals surface area contributed by atoms with Gasteiger partial charge in [-0.25, -0.2) is 0 Å². The number of amides is 1. The molecule has 1 aromatic carbocycles. The fourth-order valence-electron chi connectivity index (χ4n) is 3.11. The van der Waals surface area contributed by atoms with E-state index in [-0.39, 0.29) is 12.0 Å². The maximum absolute atomic E-state index is 12.6. The molecule has 1 atom stereocenters. The summed E-state index contributed by atoms with van der Waals surface area (Å²) in [6, 6.07) is 6.14. The van der Waals surface area contributed by atoms with Gasteiger partial charge in [0, 0.05) is 32.3 Å². The first kappa shape index (κ1) is 13.6. The van der Waals surface area contributed by atoms with Gasteiger partial charge < -0.3 is 15.0 Å². The minimum atomic E-state index is 0.139. The van der Waals surface area contributed by atoms with Crippen LogP contribution < -0.4 is 5.32 Å². The van der Waals surface area contributed by atoms with Gasteiger partial charge in [-0.15, -0.1) is 0 Å². The van der Waals surface area contributed by atoms with E-state index in [2.05, 4.69) is 17.4 Å². The van der Waals surface area contributed by atoms with E-state index in [4.69, 9.17) is 4.74 Å². The number of methoxy groups -OCH3 is 1. The van der Waals surface area contributed by atoms with Gasteiger partial charge in [-0.3, -0.25) is 4.79 Å². The minimum Gasteiger partial charge on any atom is -0.380 e. The van der Waals surface area contributed by atoms with E-state index in [9.17, 15) is 4.79 Å². The van der Waals surface area contributed by atoms with Crippen LogP contribution in [-0.4, -0.2) is 43.7 Å². The monoisotopic (exact) mass is 274 g/mol. The summed E-state index contributed by atoms with van der Waals surface area (Å²) in [5.41, 5.74) is 3.44. The second-order valence-electron chi connectivity index (χ2n) is 5.66. The zero-order valence-electron chi connectivity index (χ0n) is 12.0. The topological polar surface area (TPSA) is 41.6 Å². The first-order valence-corrected chi connectivity index (χ1v) is 7.42. The molecule has 0 saturated carbocycles. The zero-order chi connectivity index (χ0) is 13.9. The van der Waals surface area contributed by atoms with Crippen LogP contribution in [0.2, 0.25) is 0 Å². The average Bonchev–Trinajstić information content (AvgIpc) is 2.53. The Hall–Kier alpha value is -1.39. The molecule has 1 amide bonds. The van der Waals surface area contributed by atoms with E-state index in [1.54, 1.807) is 7.11 Å². The van der Waals surface area contributed by atoms with Crippen molar-refractivity contribution in [2.24, 2.45) is 0 Å². The van der Waals surface area contributed by atoms with E-state index < -0.39 is 0 Å². The molecule has 1 unspecified atom stereocenters. The summed E-state index contributed by atoms with van der Waals surface area (Å²) in [5, 5.41) is 3.36. The highest BCUT2D eigenvalue weighted by Gasteiger charge is 2.24. The summed E-state index contributed by atoms with van der Waals surface area (Å²) in [4.78, 5) is 14.5. The number of rotatable bonds is 2. The maximum Gasteiger partial charge on any atom is 0.253 e. The Labute approximate surface area is 120 Å². The quantitative estimate of drug-likeness (QED) is 0.890. The molecule has 20 heavy (non-hydrogen) atoms. The molecule has 1 aromatic rings. The standard InChI is InChI=1S/C16H22N2O2/c1-20-15-3-2-8-18(11-15)16(19)13-5-4-12-6-7-17-10-14(12)9-13/h4-5,9,15,17H,2-3,6-8,10-11H2,1H3. The van der Waals surface area contributed by atoms with Crippen LogP contribution in [0, 0.1) is 0 Å². The lowest BCUT2D eigenvalue weighted by atomic mass is 9.97. The van der Waals surface area contributed by atoms with Gasteiger partial charge in [0.1, 0.15) is 0 Å². The third kappa shape index (κ3) is 2.72. The average molecular weight is 274 g/mol. The summed E-state index contributed by atoms with van der Waals surface area (Å²) in [6.07, 6.45) is 3.32. The first-order chi connectivity index (χ1) is 9.78. The summed E-state index contributed by atoms with van der Waals surface area (Å²) in [7, 11) is 1.73. The number of likely N-dealkylation sites (tertiary alicyclic amines) is 1. The molecular weight excluding hydrogens is 252 g/mol. The number of hydrogen-bond acceptors (Lipinski definition) is 3. The summed E-state index contributed by atoms with van der Waals surface area (Å²) in [5.74, 6) is 0.139. The third-order valence-corrected chi connectivity index (χ3v) is 4.34. The van der Waals surface area contributed by atoms with Crippen LogP contribution in [0.1, 0.15) is 34.3 Å². The predicted octanol–water partition coefficient (Wildman–Crippen LogP) is 1.58. The highest BCUT2D eigenvalue weighted by molar-refractivity contribution is 5.94. The number of benzene rings is 1. The molecule has 0 bridgehead atoms. The molecule has 4 heteroatoms. The Bertz CT molecular complexity index is 501. The summed E-state index contributed by atoms with van der Waals surface area (Å²) < 4.78 is 5.39. The third-order valence-electron chi connectivity index (χ3n) is 4.34. The van der Waals surface area contributed by atoms with Crippen molar-refractivity contribution in [2.75, 3.05) is 26.7 Å². The van der Waals surface area contributed by atoms with Gasteiger partial charge >= 0.3 is 0 Å². The smallest absolute Gasteiger partial charge is 0.253 e. The second-order valence-corrected chi connectivity index (χ2v) is 5.66. The van der Waals surface area contributed by atoms with Crippen molar-refractivity contribution in [1.29, 1.82) is 0 Å². The van der Waals surface area contributed by atoms with Gasteiger partial charge in [0.15, 0.2) is 0 Å². The molecule has 1 fully saturated rings. The van der Waals surface area contributed by atoms with Crippen LogP contribution in [0.5, 0.6) is 0 Å². The van der Waals surface area contributed by atoms with Gasteiger partial charge in [-0.05, 0) is 49.1 Å². The molecule has 0 spiro atoms. The lowest BCUT2D eigenvalue weighted by Crippen LogP contribution is -2.43. The lowest BCUT2D eigenvalue weighted by Gasteiger charge is -2.32. The number of ether oxygens (including phenoxy) is 1. The molecule has 3 rings (SSSR count). The van der Waals surface area contributed by atoms with E-state index in [1.165, 1.54) is 11.1 Å². The van der Waals surface area contributed by atoms with Crippen LogP contribution in [-0.2, 0) is 17.7 Å². The molecule has 1 saturated heterocycles. The van der Waals surface area contributed by atoms with Gasteiger partial charge in [0.2, 0.25) is 0 Å². The van der Waals surface area contributed by atoms with Crippen LogP contribution in [0.4, 0.5) is 0 Å². The van der Waals surface area contributed by atoms with Crippen LogP contribution in [0.25, 0.3) is 0 Å². The molecule has 0 radical (unpaired) electrons. The van der Waals surface area contributed by atoms with Crippen molar-refractivity contribution in [1.82, 2.24) is 10.2 Å². The normalized spacial score (nSPS) is 22.4. The molecule has 2 aliphatic heterocycles. The number of fused-ring (bicyclic) bond motifs is 1. The molecular formula is C16H22N2O2. The first-order valence-electron chi connectivity index (χ1n) is 7.42. The lowest BCUT2D eigenvalue weighted by molar-refractivity contribution is 0.0269. The Morgan fingerprint density at radius 1 is 1.40 bits per heavy atom. The number of carbonyl (C=O) groups is 1. The minimum absolute atomic E-state index is 0.139. The van der Waals surface area contributed by atoms with Crippen molar-refractivity contribution in [3.8, 4) is 0 Å². The number of carbonyl (C=O) groups excluding carboxylic acids is 1. The maximum atomic E-state index is 12.6. The Kier molecular flexibility index (Phi) is 4.03. The van der Waals surface area contributed by atoms with Gasteiger partial charge in [-0.1, -0.05) is 6.07 Å². The number of nitrogens with one attached hydrogen (secondary N) is 1. The van der Waals surface area contributed by atoms with Crippen LogP contribution in [0.15, 0.2) is 18.2 Å². The van der Waals surface area contributed by atoms with Gasteiger partial charge in [0.05, 0.1) is 6.10 Å².